The molecule has 3 atom stereocenters. The molecule has 126 valence electrons. The van der Waals surface area contributed by atoms with E-state index in [0.29, 0.717) is 29.0 Å². The molecule has 2 N–H and O–H groups in total. The first-order chi connectivity index (χ1) is 11.5. The Morgan fingerprint density at radius 1 is 1.21 bits per heavy atom. The van der Waals surface area contributed by atoms with Crippen LogP contribution in [0.15, 0.2) is 30.3 Å². The molecule has 2 bridgehead atoms. The zero-order valence-electron chi connectivity index (χ0n) is 13.4. The summed E-state index contributed by atoms with van der Waals surface area (Å²) < 4.78 is 28.5. The van der Waals surface area contributed by atoms with Gasteiger partial charge in [0.2, 0.25) is 0 Å². The van der Waals surface area contributed by atoms with Gasteiger partial charge in [0.25, 0.3) is 5.91 Å². The number of halogens is 2. The molecule has 2 aliphatic heterocycles. The quantitative estimate of drug-likeness (QED) is 0.908. The summed E-state index contributed by atoms with van der Waals surface area (Å²) in [6.07, 6.45) is 3.23. The van der Waals surface area contributed by atoms with Crippen LogP contribution >= 0.6 is 0 Å². The summed E-state index contributed by atoms with van der Waals surface area (Å²) in [5.74, 6) is -1.42. The first kappa shape index (κ1) is 15.3. The van der Waals surface area contributed by atoms with Crippen LogP contribution in [0.1, 0.15) is 29.8 Å². The molecule has 2 aromatic rings. The number of fused-ring (bicyclic) bond motifs is 2. The molecule has 1 aromatic heterocycles. The predicted molar refractivity (Wildman–Crippen MR) is 86.6 cm³/mol. The number of hydrogen-bond acceptors (Lipinski definition) is 2. The lowest BCUT2D eigenvalue weighted by atomic mass is 9.95. The third-order valence-corrected chi connectivity index (χ3v) is 5.13. The zero-order valence-corrected chi connectivity index (χ0v) is 13.4. The number of carbonyl (C=O) groups is 1. The number of amides is 1. The van der Waals surface area contributed by atoms with Gasteiger partial charge >= 0.3 is 0 Å². The molecule has 1 aromatic carbocycles. The normalized spacial score (nSPS) is 25.2. The van der Waals surface area contributed by atoms with E-state index in [4.69, 9.17) is 0 Å². The van der Waals surface area contributed by atoms with E-state index in [1.165, 1.54) is 18.6 Å². The third-order valence-electron chi connectivity index (χ3n) is 5.13. The second kappa shape index (κ2) is 5.70. The van der Waals surface area contributed by atoms with Gasteiger partial charge in [-0.2, -0.15) is 0 Å². The molecule has 1 amide bonds. The molecule has 0 unspecified atom stereocenters. The minimum atomic E-state index is -0.634. The molecule has 4 nitrogen and oxygen atoms in total. The number of hydrogen-bond donors (Lipinski definition) is 2. The Bertz CT molecular complexity index is 781. The van der Waals surface area contributed by atoms with Gasteiger partial charge in [0.15, 0.2) is 0 Å². The van der Waals surface area contributed by atoms with Crippen molar-refractivity contribution in [3.05, 3.63) is 47.7 Å². The average Bonchev–Trinajstić information content (AvgIpc) is 3.21. The van der Waals surface area contributed by atoms with Crippen molar-refractivity contribution in [2.75, 3.05) is 0 Å². The number of benzene rings is 1. The molecule has 24 heavy (non-hydrogen) atoms. The van der Waals surface area contributed by atoms with Gasteiger partial charge in [0.1, 0.15) is 17.3 Å². The van der Waals surface area contributed by atoms with Crippen LogP contribution < -0.4 is 10.6 Å². The van der Waals surface area contributed by atoms with Gasteiger partial charge in [-0.15, -0.1) is 0 Å². The van der Waals surface area contributed by atoms with E-state index < -0.39 is 11.6 Å². The SMILES string of the molecule is Cn1c(C(=O)N[C@@H]2C[C@H]3CC[C@@H]2N3)ccc1-c1cc(F)cc(F)c1. The lowest BCUT2D eigenvalue weighted by Gasteiger charge is -2.21. The van der Waals surface area contributed by atoms with Crippen LogP contribution in [0.5, 0.6) is 0 Å². The summed E-state index contributed by atoms with van der Waals surface area (Å²) in [7, 11) is 1.73. The minimum absolute atomic E-state index is 0.153. The monoisotopic (exact) mass is 331 g/mol. The van der Waals surface area contributed by atoms with E-state index in [1.807, 2.05) is 0 Å². The molecular weight excluding hydrogens is 312 g/mol. The first-order valence-electron chi connectivity index (χ1n) is 8.20. The maximum Gasteiger partial charge on any atom is 0.268 e. The molecule has 2 saturated heterocycles. The van der Waals surface area contributed by atoms with Crippen LogP contribution in [0.2, 0.25) is 0 Å². The number of rotatable bonds is 3. The van der Waals surface area contributed by atoms with E-state index in [2.05, 4.69) is 10.6 Å². The Morgan fingerprint density at radius 3 is 2.58 bits per heavy atom. The van der Waals surface area contributed by atoms with Gasteiger partial charge in [-0.3, -0.25) is 4.79 Å². The molecule has 0 aliphatic carbocycles. The van der Waals surface area contributed by atoms with Gasteiger partial charge in [-0.05, 0) is 43.5 Å². The third kappa shape index (κ3) is 2.60. The van der Waals surface area contributed by atoms with E-state index >= 15 is 0 Å². The number of nitrogens with one attached hydrogen (secondary N) is 2. The van der Waals surface area contributed by atoms with Crippen molar-refractivity contribution in [2.45, 2.75) is 37.4 Å². The van der Waals surface area contributed by atoms with E-state index in [1.54, 1.807) is 23.7 Å². The second-order valence-corrected chi connectivity index (χ2v) is 6.68. The summed E-state index contributed by atoms with van der Waals surface area (Å²) in [4.78, 5) is 12.6. The standard InChI is InChI=1S/C18H19F2N3O/c1-23-16(10-6-11(19)8-12(20)7-10)4-5-17(23)18(24)22-15-9-13-2-3-14(15)21-13/h4-8,13-15,21H,2-3,9H2,1H3,(H,22,24)/t13-,14+,15-/m1/s1. The van der Waals surface area contributed by atoms with Crippen LogP contribution in [0, 0.1) is 11.6 Å². The average molecular weight is 331 g/mol. The van der Waals surface area contributed by atoms with Crippen LogP contribution in [0.4, 0.5) is 8.78 Å². The fourth-order valence-electron chi connectivity index (χ4n) is 3.96. The van der Waals surface area contributed by atoms with Crippen molar-refractivity contribution < 1.29 is 13.6 Å². The summed E-state index contributed by atoms with van der Waals surface area (Å²) in [6.45, 7) is 0. The van der Waals surface area contributed by atoms with Crippen LogP contribution in [0.25, 0.3) is 11.3 Å². The van der Waals surface area contributed by atoms with Crippen molar-refractivity contribution in [1.82, 2.24) is 15.2 Å². The van der Waals surface area contributed by atoms with Gasteiger partial charge in [-0.1, -0.05) is 0 Å². The molecule has 2 aliphatic rings. The Morgan fingerprint density at radius 2 is 1.96 bits per heavy atom. The van der Waals surface area contributed by atoms with Gasteiger partial charge in [-0.25, -0.2) is 8.78 Å². The van der Waals surface area contributed by atoms with Crippen molar-refractivity contribution in [2.24, 2.45) is 7.05 Å². The lowest BCUT2D eigenvalue weighted by Crippen LogP contribution is -2.43. The Kier molecular flexibility index (Phi) is 3.64. The summed E-state index contributed by atoms with van der Waals surface area (Å²) in [6, 6.07) is 7.79. The number of carbonyl (C=O) groups excluding carboxylic acids is 1. The molecular formula is C18H19F2N3O. The van der Waals surface area contributed by atoms with Gasteiger partial charge in [0.05, 0.1) is 0 Å². The highest BCUT2D eigenvalue weighted by atomic mass is 19.1. The number of aromatic nitrogens is 1. The maximum absolute atomic E-state index is 13.4. The second-order valence-electron chi connectivity index (χ2n) is 6.68. The lowest BCUT2D eigenvalue weighted by molar-refractivity contribution is 0.0923. The van der Waals surface area contributed by atoms with Crippen molar-refractivity contribution in [3.63, 3.8) is 0 Å². The molecule has 0 saturated carbocycles. The first-order valence-corrected chi connectivity index (χ1v) is 8.20. The van der Waals surface area contributed by atoms with Crippen molar-refractivity contribution in [1.29, 1.82) is 0 Å². The summed E-state index contributed by atoms with van der Waals surface area (Å²) in [5, 5.41) is 6.57. The number of nitrogens with zero attached hydrogens (tertiary/aromatic N) is 1. The fraction of sp³-hybridized carbons (Fsp3) is 0.389. The molecule has 4 rings (SSSR count). The molecule has 6 heteroatoms. The van der Waals surface area contributed by atoms with Crippen molar-refractivity contribution in [3.8, 4) is 11.3 Å². The van der Waals surface area contributed by atoms with Crippen LogP contribution in [-0.4, -0.2) is 28.6 Å². The smallest absolute Gasteiger partial charge is 0.268 e. The Hall–Kier alpha value is -2.21. The topological polar surface area (TPSA) is 46.1 Å². The van der Waals surface area contributed by atoms with E-state index in [9.17, 15) is 13.6 Å². The highest BCUT2D eigenvalue weighted by Gasteiger charge is 2.39. The van der Waals surface area contributed by atoms with E-state index in [0.717, 1.165) is 18.9 Å². The molecule has 2 fully saturated rings. The van der Waals surface area contributed by atoms with Crippen molar-refractivity contribution >= 4 is 5.91 Å². The zero-order chi connectivity index (χ0) is 16.8. The van der Waals surface area contributed by atoms with Crippen LogP contribution in [0.3, 0.4) is 0 Å². The largest absolute Gasteiger partial charge is 0.346 e. The minimum Gasteiger partial charge on any atom is -0.346 e. The molecule has 0 radical (unpaired) electrons. The maximum atomic E-state index is 13.4. The highest BCUT2D eigenvalue weighted by Crippen LogP contribution is 2.29. The van der Waals surface area contributed by atoms with E-state index in [-0.39, 0.29) is 11.9 Å². The van der Waals surface area contributed by atoms with Gasteiger partial charge in [0, 0.05) is 42.5 Å². The molecule has 3 heterocycles. The predicted octanol–water partition coefficient (Wildman–Crippen LogP) is 2.59. The summed E-state index contributed by atoms with van der Waals surface area (Å²) in [5.41, 5.74) is 1.50. The van der Waals surface area contributed by atoms with Crippen LogP contribution in [-0.2, 0) is 7.05 Å². The molecule has 0 spiro atoms. The fourth-order valence-corrected chi connectivity index (χ4v) is 3.96. The highest BCUT2D eigenvalue weighted by molar-refractivity contribution is 5.94. The summed E-state index contributed by atoms with van der Waals surface area (Å²) >= 11 is 0. The Labute approximate surface area is 138 Å². The Balaban J connectivity index is 1.56. The van der Waals surface area contributed by atoms with Gasteiger partial charge < -0.3 is 15.2 Å².